The maximum Gasteiger partial charge on any atom is 0.310 e. The van der Waals surface area contributed by atoms with Gasteiger partial charge in [0.25, 0.3) is 0 Å². The molecule has 1 N–H and O–H groups in total. The molecule has 1 aliphatic rings. The summed E-state index contributed by atoms with van der Waals surface area (Å²) < 4.78 is 10.1. The Hall–Kier alpha value is -1.35. The van der Waals surface area contributed by atoms with Crippen molar-refractivity contribution in [1.29, 1.82) is 0 Å². The summed E-state index contributed by atoms with van der Waals surface area (Å²) in [6, 6.07) is 8.25. The Balaban J connectivity index is 0.00000338. The molecular formula is C19H30IN3O3. The van der Waals surface area contributed by atoms with Gasteiger partial charge in [-0.1, -0.05) is 31.2 Å². The SMILES string of the molecule is CCNC(=NCc1cccc(COC)c1)N1CC(C)C(C(=O)OC)C1.I. The quantitative estimate of drug-likeness (QED) is 0.297. The Kier molecular flexibility index (Phi) is 9.93. The van der Waals surface area contributed by atoms with Crippen LogP contribution in [0.25, 0.3) is 0 Å². The van der Waals surface area contributed by atoms with Crippen molar-refractivity contribution in [3.05, 3.63) is 35.4 Å². The van der Waals surface area contributed by atoms with E-state index in [2.05, 4.69) is 29.3 Å². The number of aliphatic imine (C=N–C) groups is 1. The summed E-state index contributed by atoms with van der Waals surface area (Å²) in [6.07, 6.45) is 0. The van der Waals surface area contributed by atoms with E-state index in [1.807, 2.05) is 19.1 Å². The molecule has 0 bridgehead atoms. The van der Waals surface area contributed by atoms with E-state index in [0.29, 0.717) is 19.7 Å². The molecule has 7 heteroatoms. The Morgan fingerprint density at radius 2 is 2.04 bits per heavy atom. The molecule has 1 aromatic rings. The van der Waals surface area contributed by atoms with E-state index >= 15 is 0 Å². The van der Waals surface area contributed by atoms with Crippen LogP contribution in [0.4, 0.5) is 0 Å². The molecule has 2 unspecified atom stereocenters. The predicted octanol–water partition coefficient (Wildman–Crippen LogP) is 2.66. The first-order chi connectivity index (χ1) is 12.1. The van der Waals surface area contributed by atoms with Crippen molar-refractivity contribution in [2.24, 2.45) is 16.8 Å². The normalized spacial score (nSPS) is 19.8. The fourth-order valence-electron chi connectivity index (χ4n) is 3.17. The Morgan fingerprint density at radius 1 is 1.31 bits per heavy atom. The molecule has 0 amide bonds. The molecule has 2 atom stereocenters. The van der Waals surface area contributed by atoms with E-state index in [1.165, 1.54) is 7.11 Å². The zero-order chi connectivity index (χ0) is 18.2. The minimum atomic E-state index is -0.141. The number of nitrogens with one attached hydrogen (secondary N) is 1. The number of likely N-dealkylation sites (tertiary alicyclic amines) is 1. The molecule has 0 spiro atoms. The summed E-state index contributed by atoms with van der Waals surface area (Å²) in [5.41, 5.74) is 2.28. The number of esters is 1. The average Bonchev–Trinajstić information content (AvgIpc) is 3.00. The largest absolute Gasteiger partial charge is 0.469 e. The van der Waals surface area contributed by atoms with Crippen molar-refractivity contribution in [3.8, 4) is 0 Å². The van der Waals surface area contributed by atoms with Gasteiger partial charge < -0.3 is 19.7 Å². The predicted molar refractivity (Wildman–Crippen MR) is 114 cm³/mol. The highest BCUT2D eigenvalue weighted by atomic mass is 127. The number of nitrogens with zero attached hydrogens (tertiary/aromatic N) is 2. The first-order valence-corrected chi connectivity index (χ1v) is 8.76. The van der Waals surface area contributed by atoms with Gasteiger partial charge in [0.2, 0.25) is 0 Å². The lowest BCUT2D eigenvalue weighted by Gasteiger charge is -2.21. The van der Waals surface area contributed by atoms with E-state index in [1.54, 1.807) is 7.11 Å². The minimum Gasteiger partial charge on any atom is -0.469 e. The van der Waals surface area contributed by atoms with E-state index in [0.717, 1.165) is 30.2 Å². The second-order valence-corrected chi connectivity index (χ2v) is 6.44. The van der Waals surface area contributed by atoms with E-state index in [9.17, 15) is 4.79 Å². The smallest absolute Gasteiger partial charge is 0.310 e. The van der Waals surface area contributed by atoms with Gasteiger partial charge in [-0.25, -0.2) is 4.99 Å². The number of methoxy groups -OCH3 is 2. The van der Waals surface area contributed by atoms with Crippen LogP contribution in [0.15, 0.2) is 29.3 Å². The van der Waals surface area contributed by atoms with Crippen LogP contribution < -0.4 is 5.32 Å². The lowest BCUT2D eigenvalue weighted by atomic mass is 9.99. The van der Waals surface area contributed by atoms with Crippen molar-refractivity contribution in [2.75, 3.05) is 33.9 Å². The van der Waals surface area contributed by atoms with Gasteiger partial charge in [-0.3, -0.25) is 4.79 Å². The molecular weight excluding hydrogens is 445 g/mol. The molecule has 1 saturated heterocycles. The molecule has 0 aromatic heterocycles. The van der Waals surface area contributed by atoms with E-state index < -0.39 is 0 Å². The molecule has 2 rings (SSSR count). The topological polar surface area (TPSA) is 63.2 Å². The number of hydrogen-bond donors (Lipinski definition) is 1. The Labute approximate surface area is 173 Å². The summed E-state index contributed by atoms with van der Waals surface area (Å²) in [4.78, 5) is 18.8. The van der Waals surface area contributed by atoms with E-state index in [4.69, 9.17) is 14.5 Å². The Bertz CT molecular complexity index is 609. The number of benzene rings is 1. The van der Waals surface area contributed by atoms with Crippen LogP contribution in [-0.4, -0.2) is 50.7 Å². The molecule has 1 heterocycles. The number of ether oxygens (including phenoxy) is 2. The number of hydrogen-bond acceptors (Lipinski definition) is 4. The Morgan fingerprint density at radius 3 is 2.69 bits per heavy atom. The fraction of sp³-hybridized carbons (Fsp3) is 0.579. The van der Waals surface area contributed by atoms with Crippen LogP contribution in [0.1, 0.15) is 25.0 Å². The van der Waals surface area contributed by atoms with Crippen molar-refractivity contribution in [2.45, 2.75) is 27.0 Å². The molecule has 26 heavy (non-hydrogen) atoms. The molecule has 1 fully saturated rings. The van der Waals surface area contributed by atoms with Crippen molar-refractivity contribution in [1.82, 2.24) is 10.2 Å². The monoisotopic (exact) mass is 475 g/mol. The number of rotatable bonds is 6. The minimum absolute atomic E-state index is 0. The molecule has 1 aliphatic heterocycles. The fourth-order valence-corrected chi connectivity index (χ4v) is 3.17. The zero-order valence-corrected chi connectivity index (χ0v) is 18.4. The highest BCUT2D eigenvalue weighted by molar-refractivity contribution is 14.0. The summed E-state index contributed by atoms with van der Waals surface area (Å²) in [5, 5.41) is 3.33. The average molecular weight is 475 g/mol. The van der Waals surface area contributed by atoms with Gasteiger partial charge >= 0.3 is 5.97 Å². The summed E-state index contributed by atoms with van der Waals surface area (Å²) in [5.74, 6) is 0.858. The zero-order valence-electron chi connectivity index (χ0n) is 16.0. The lowest BCUT2D eigenvalue weighted by Crippen LogP contribution is -2.40. The maximum absolute atomic E-state index is 11.9. The molecule has 0 radical (unpaired) electrons. The van der Waals surface area contributed by atoms with Gasteiger partial charge in [-0.2, -0.15) is 0 Å². The van der Waals surface area contributed by atoms with E-state index in [-0.39, 0.29) is 41.8 Å². The second kappa shape index (κ2) is 11.4. The number of carbonyl (C=O) groups is 1. The highest BCUT2D eigenvalue weighted by Crippen LogP contribution is 2.24. The number of carbonyl (C=O) groups excluding carboxylic acids is 1. The maximum atomic E-state index is 11.9. The van der Waals surface area contributed by atoms with Gasteiger partial charge in [-0.15, -0.1) is 24.0 Å². The highest BCUT2D eigenvalue weighted by Gasteiger charge is 2.36. The van der Waals surface area contributed by atoms with Crippen molar-refractivity contribution in [3.63, 3.8) is 0 Å². The first-order valence-electron chi connectivity index (χ1n) is 8.76. The standard InChI is InChI=1S/C19H29N3O3.HI/c1-5-20-19(22-11-14(2)17(12-22)18(23)25-4)21-10-15-7-6-8-16(9-15)13-24-3;/h6-9,14,17H,5,10-13H2,1-4H3,(H,20,21);1H. The summed E-state index contributed by atoms with van der Waals surface area (Å²) >= 11 is 0. The third-order valence-corrected chi connectivity index (χ3v) is 4.46. The molecule has 0 aliphatic carbocycles. The third-order valence-electron chi connectivity index (χ3n) is 4.46. The van der Waals surface area contributed by atoms with Crippen LogP contribution in [0.2, 0.25) is 0 Å². The third kappa shape index (κ3) is 6.12. The number of guanidine groups is 1. The summed E-state index contributed by atoms with van der Waals surface area (Å²) in [6.45, 7) is 7.55. The lowest BCUT2D eigenvalue weighted by molar-refractivity contribution is -0.145. The van der Waals surface area contributed by atoms with Gasteiger partial charge in [0.15, 0.2) is 5.96 Å². The van der Waals surface area contributed by atoms with Gasteiger partial charge in [0.05, 0.1) is 26.2 Å². The van der Waals surface area contributed by atoms with Gasteiger partial charge in [0.1, 0.15) is 0 Å². The van der Waals surface area contributed by atoms with Crippen LogP contribution >= 0.6 is 24.0 Å². The molecule has 146 valence electrons. The molecule has 0 saturated carbocycles. The van der Waals surface area contributed by atoms with Crippen LogP contribution in [-0.2, 0) is 27.4 Å². The number of halogens is 1. The summed E-state index contributed by atoms with van der Waals surface area (Å²) in [7, 11) is 3.14. The molecule has 1 aromatic carbocycles. The van der Waals surface area contributed by atoms with Crippen molar-refractivity contribution < 1.29 is 14.3 Å². The van der Waals surface area contributed by atoms with Gasteiger partial charge in [0, 0.05) is 26.7 Å². The first kappa shape index (κ1) is 22.7. The van der Waals surface area contributed by atoms with Gasteiger partial charge in [-0.05, 0) is 24.0 Å². The van der Waals surface area contributed by atoms with Crippen LogP contribution in [0.5, 0.6) is 0 Å². The van der Waals surface area contributed by atoms with Crippen LogP contribution in [0.3, 0.4) is 0 Å². The molecule has 6 nitrogen and oxygen atoms in total. The second-order valence-electron chi connectivity index (χ2n) is 6.44. The van der Waals surface area contributed by atoms with Crippen LogP contribution in [0, 0.1) is 11.8 Å². The van der Waals surface area contributed by atoms with Crippen molar-refractivity contribution >= 4 is 35.9 Å².